The van der Waals surface area contributed by atoms with E-state index in [0.29, 0.717) is 40.4 Å². The molecule has 0 aliphatic carbocycles. The number of carbonyl (C=O) groups excluding carboxylic acids is 3. The first kappa shape index (κ1) is 24.1. The minimum Gasteiger partial charge on any atom is -0.453 e. The first-order chi connectivity index (χ1) is 18.0. The van der Waals surface area contributed by atoms with E-state index in [0.717, 1.165) is 30.6 Å². The fraction of sp³-hybridized carbons (Fsp3) is 0.259. The van der Waals surface area contributed by atoms with Crippen LogP contribution < -0.4 is 21.3 Å². The molecule has 10 nitrogen and oxygen atoms in total. The molecule has 2 bridgehead atoms. The molecule has 0 spiro atoms. The van der Waals surface area contributed by atoms with Gasteiger partial charge in [-0.15, -0.1) is 0 Å². The number of aromatic amines is 1. The molecular weight excluding hydrogens is 472 g/mol. The third kappa shape index (κ3) is 5.48. The van der Waals surface area contributed by atoms with Crippen LogP contribution in [0, 0.1) is 0 Å². The molecule has 0 saturated heterocycles. The standard InChI is InChI=1S/C27H28N6O4/c1-37-27(36)30-18-9-10-19-22(14-18)31-24(34)7-3-2-6-21(25-29-15-23(19)32-25)33-26(35)17-8-11-20-16(13-17)5-4-12-28-20/h2-3,8-11,13-15,21,28H,4-7,12H2,1H3,(H,29,32)(H,30,36)(H,31,34)(H,33,35)/b3-2+. The summed E-state index contributed by atoms with van der Waals surface area (Å²) in [5.74, 6) is 0.201. The van der Waals surface area contributed by atoms with Gasteiger partial charge in [0.1, 0.15) is 5.82 Å². The maximum Gasteiger partial charge on any atom is 0.411 e. The Morgan fingerprint density at radius 1 is 1.11 bits per heavy atom. The van der Waals surface area contributed by atoms with Gasteiger partial charge in [-0.2, -0.15) is 0 Å². The smallest absolute Gasteiger partial charge is 0.411 e. The van der Waals surface area contributed by atoms with Crippen molar-refractivity contribution in [1.82, 2.24) is 15.3 Å². The molecule has 3 aromatic rings. The molecule has 5 rings (SSSR count). The number of rotatable bonds is 3. The summed E-state index contributed by atoms with van der Waals surface area (Å²) < 4.78 is 4.66. The highest BCUT2D eigenvalue weighted by Crippen LogP contribution is 2.32. The van der Waals surface area contributed by atoms with Crippen LogP contribution in [0.4, 0.5) is 21.9 Å². The molecule has 3 amide bonds. The van der Waals surface area contributed by atoms with Crippen molar-refractivity contribution in [1.29, 1.82) is 0 Å². The Morgan fingerprint density at radius 3 is 2.86 bits per heavy atom. The molecule has 10 heteroatoms. The summed E-state index contributed by atoms with van der Waals surface area (Å²) in [6.07, 6.45) is 7.28. The number of hydrogen-bond donors (Lipinski definition) is 5. The van der Waals surface area contributed by atoms with Crippen LogP contribution in [0.3, 0.4) is 0 Å². The van der Waals surface area contributed by atoms with Crippen molar-refractivity contribution >= 4 is 35.0 Å². The van der Waals surface area contributed by atoms with Gasteiger partial charge < -0.3 is 25.7 Å². The van der Waals surface area contributed by atoms with Gasteiger partial charge in [0.05, 0.1) is 30.7 Å². The number of aryl methyl sites for hydroxylation is 1. The van der Waals surface area contributed by atoms with Crippen LogP contribution in [-0.2, 0) is 16.0 Å². The highest BCUT2D eigenvalue weighted by Gasteiger charge is 2.21. The highest BCUT2D eigenvalue weighted by molar-refractivity contribution is 5.98. The Kier molecular flexibility index (Phi) is 6.89. The number of H-pyrrole nitrogens is 1. The number of nitrogens with one attached hydrogen (secondary N) is 5. The summed E-state index contributed by atoms with van der Waals surface area (Å²) in [6.45, 7) is 0.942. The van der Waals surface area contributed by atoms with E-state index in [-0.39, 0.29) is 18.2 Å². The predicted molar refractivity (Wildman–Crippen MR) is 141 cm³/mol. The molecule has 2 aromatic carbocycles. The first-order valence-corrected chi connectivity index (χ1v) is 12.2. The van der Waals surface area contributed by atoms with Crippen molar-refractivity contribution in [3.63, 3.8) is 0 Å². The third-order valence-corrected chi connectivity index (χ3v) is 6.39. The number of fused-ring (bicyclic) bond motifs is 5. The number of benzene rings is 2. The molecule has 2 aliphatic rings. The number of anilines is 3. The Balaban J connectivity index is 1.43. The van der Waals surface area contributed by atoms with E-state index in [4.69, 9.17) is 0 Å². The summed E-state index contributed by atoms with van der Waals surface area (Å²) >= 11 is 0. The predicted octanol–water partition coefficient (Wildman–Crippen LogP) is 4.37. The van der Waals surface area contributed by atoms with Crippen LogP contribution >= 0.6 is 0 Å². The number of nitrogens with zero attached hydrogens (tertiary/aromatic N) is 1. The normalized spacial score (nSPS) is 17.4. The van der Waals surface area contributed by atoms with Gasteiger partial charge in [0.2, 0.25) is 5.91 Å². The lowest BCUT2D eigenvalue weighted by molar-refractivity contribution is -0.115. The number of imidazole rings is 1. The quantitative estimate of drug-likeness (QED) is 0.339. The lowest BCUT2D eigenvalue weighted by Gasteiger charge is -2.20. The Labute approximate surface area is 213 Å². The van der Waals surface area contributed by atoms with E-state index >= 15 is 0 Å². The molecule has 1 atom stereocenters. The molecule has 5 N–H and O–H groups in total. The van der Waals surface area contributed by atoms with E-state index in [1.165, 1.54) is 7.11 Å². The lowest BCUT2D eigenvalue weighted by atomic mass is 10.0. The van der Waals surface area contributed by atoms with Crippen molar-refractivity contribution < 1.29 is 19.1 Å². The van der Waals surface area contributed by atoms with Gasteiger partial charge in [-0.05, 0) is 61.2 Å². The van der Waals surface area contributed by atoms with Crippen molar-refractivity contribution in [2.75, 3.05) is 29.6 Å². The Hall–Kier alpha value is -4.60. The molecule has 0 radical (unpaired) electrons. The maximum atomic E-state index is 13.2. The first-order valence-electron chi connectivity index (χ1n) is 12.2. The van der Waals surface area contributed by atoms with Gasteiger partial charge in [0, 0.05) is 35.5 Å². The van der Waals surface area contributed by atoms with E-state index < -0.39 is 12.1 Å². The van der Waals surface area contributed by atoms with Crippen LogP contribution in [-0.4, -0.2) is 41.5 Å². The maximum absolute atomic E-state index is 13.2. The summed E-state index contributed by atoms with van der Waals surface area (Å²) in [6, 6.07) is 10.4. The molecule has 2 aliphatic heterocycles. The van der Waals surface area contributed by atoms with E-state index in [2.05, 4.69) is 36.0 Å². The van der Waals surface area contributed by atoms with Crippen LogP contribution in [0.1, 0.15) is 47.1 Å². The Bertz CT molecular complexity index is 1380. The number of ether oxygens (including phenoxy) is 1. The number of hydrogen-bond acceptors (Lipinski definition) is 6. The van der Waals surface area contributed by atoms with Crippen molar-refractivity contribution in [2.45, 2.75) is 31.7 Å². The zero-order valence-corrected chi connectivity index (χ0v) is 20.4. The van der Waals surface area contributed by atoms with Crippen molar-refractivity contribution in [2.24, 2.45) is 0 Å². The monoisotopic (exact) mass is 500 g/mol. The summed E-state index contributed by atoms with van der Waals surface area (Å²) in [7, 11) is 1.28. The average Bonchev–Trinajstić information content (AvgIpc) is 3.39. The molecule has 1 aromatic heterocycles. The van der Waals surface area contributed by atoms with Gasteiger partial charge in [-0.3, -0.25) is 14.9 Å². The second-order valence-corrected chi connectivity index (χ2v) is 8.95. The summed E-state index contributed by atoms with van der Waals surface area (Å²) in [5, 5.41) is 12.0. The van der Waals surface area contributed by atoms with Crippen molar-refractivity contribution in [3.05, 3.63) is 71.7 Å². The van der Waals surface area contributed by atoms with Crippen LogP contribution in [0.15, 0.2) is 54.7 Å². The fourth-order valence-corrected chi connectivity index (χ4v) is 4.50. The molecular formula is C27H28N6O4. The van der Waals surface area contributed by atoms with E-state index in [9.17, 15) is 14.4 Å². The zero-order chi connectivity index (χ0) is 25.8. The molecule has 190 valence electrons. The fourth-order valence-electron chi connectivity index (χ4n) is 4.50. The average molecular weight is 501 g/mol. The summed E-state index contributed by atoms with van der Waals surface area (Å²) in [4.78, 5) is 45.3. The molecule has 37 heavy (non-hydrogen) atoms. The molecule has 0 saturated carbocycles. The van der Waals surface area contributed by atoms with Gasteiger partial charge >= 0.3 is 6.09 Å². The topological polar surface area (TPSA) is 137 Å². The Morgan fingerprint density at radius 2 is 2.00 bits per heavy atom. The number of amides is 3. The van der Waals surface area contributed by atoms with Gasteiger partial charge in [0.25, 0.3) is 5.91 Å². The largest absolute Gasteiger partial charge is 0.453 e. The van der Waals surface area contributed by atoms with E-state index in [1.807, 2.05) is 24.3 Å². The lowest BCUT2D eigenvalue weighted by Crippen LogP contribution is -2.29. The second kappa shape index (κ2) is 10.6. The van der Waals surface area contributed by atoms with Crippen LogP contribution in [0.2, 0.25) is 0 Å². The number of carbonyl (C=O) groups is 3. The second-order valence-electron chi connectivity index (χ2n) is 8.95. The molecule has 3 heterocycles. The highest BCUT2D eigenvalue weighted by atomic mass is 16.5. The number of aromatic nitrogens is 2. The minimum atomic E-state index is -0.611. The molecule has 1 unspecified atom stereocenters. The van der Waals surface area contributed by atoms with Crippen LogP contribution in [0.5, 0.6) is 0 Å². The van der Waals surface area contributed by atoms with E-state index in [1.54, 1.807) is 30.5 Å². The summed E-state index contributed by atoms with van der Waals surface area (Å²) in [5.41, 5.74) is 5.15. The van der Waals surface area contributed by atoms with Gasteiger partial charge in [0.15, 0.2) is 0 Å². The minimum absolute atomic E-state index is 0.158. The van der Waals surface area contributed by atoms with Gasteiger partial charge in [-0.25, -0.2) is 9.78 Å². The van der Waals surface area contributed by atoms with Crippen LogP contribution in [0.25, 0.3) is 11.3 Å². The van der Waals surface area contributed by atoms with Gasteiger partial charge in [-0.1, -0.05) is 12.2 Å². The van der Waals surface area contributed by atoms with Crippen molar-refractivity contribution in [3.8, 4) is 11.3 Å². The SMILES string of the molecule is COC(=O)Nc1ccc2c(c1)NC(=O)C/C=C/CC(NC(=O)c1ccc3c(c1)CCCN3)c1ncc-2[nH]1. The zero-order valence-electron chi connectivity index (χ0n) is 20.4. The molecule has 0 fully saturated rings. The number of methoxy groups -OCH3 is 1. The third-order valence-electron chi connectivity index (χ3n) is 6.39.